The van der Waals surface area contributed by atoms with Gasteiger partial charge in [0.25, 0.3) is 0 Å². The highest BCUT2D eigenvalue weighted by Gasteiger charge is 2.09. The number of anilines is 1. The van der Waals surface area contributed by atoms with Gasteiger partial charge >= 0.3 is 0 Å². The van der Waals surface area contributed by atoms with Gasteiger partial charge in [-0.25, -0.2) is 9.97 Å². The van der Waals surface area contributed by atoms with E-state index >= 15 is 0 Å². The van der Waals surface area contributed by atoms with Gasteiger partial charge in [0.1, 0.15) is 11.6 Å². The van der Waals surface area contributed by atoms with Gasteiger partial charge in [-0.15, -0.1) is 0 Å². The Kier molecular flexibility index (Phi) is 4.53. The van der Waals surface area contributed by atoms with Crippen LogP contribution in [0.4, 0.5) is 5.82 Å². The van der Waals surface area contributed by atoms with Crippen molar-refractivity contribution in [1.82, 2.24) is 9.97 Å². The quantitative estimate of drug-likeness (QED) is 0.862. The summed E-state index contributed by atoms with van der Waals surface area (Å²) >= 11 is 2.23. The molecule has 1 aromatic rings. The van der Waals surface area contributed by atoms with Crippen molar-refractivity contribution in [3.8, 4) is 0 Å². The molecule has 5 heteroatoms. The molecule has 0 aliphatic heterocycles. The first-order chi connectivity index (χ1) is 6.72. The molecule has 0 aliphatic carbocycles. The molecule has 1 aromatic heterocycles. The highest BCUT2D eigenvalue weighted by Crippen LogP contribution is 2.19. The van der Waals surface area contributed by atoms with E-state index in [1.54, 1.807) is 7.11 Å². The normalized spacial score (nSPS) is 10.3. The predicted molar refractivity (Wildman–Crippen MR) is 64.4 cm³/mol. The molecule has 1 N–H and O–H groups in total. The molecule has 14 heavy (non-hydrogen) atoms. The number of ether oxygens (including phenoxy) is 1. The van der Waals surface area contributed by atoms with Crippen LogP contribution in [0.1, 0.15) is 18.4 Å². The van der Waals surface area contributed by atoms with Crippen LogP contribution >= 0.6 is 22.6 Å². The van der Waals surface area contributed by atoms with Gasteiger partial charge in [0.15, 0.2) is 0 Å². The van der Waals surface area contributed by atoms with Crippen LogP contribution in [0.25, 0.3) is 0 Å². The van der Waals surface area contributed by atoms with E-state index in [9.17, 15) is 0 Å². The maximum atomic E-state index is 5.08. The lowest BCUT2D eigenvalue weighted by molar-refractivity contribution is 0.180. The lowest BCUT2D eigenvalue weighted by Crippen LogP contribution is -2.07. The Bertz CT molecular complexity index is 317. The molecule has 78 valence electrons. The monoisotopic (exact) mass is 307 g/mol. The number of hydrogen-bond donors (Lipinski definition) is 1. The van der Waals surface area contributed by atoms with Crippen molar-refractivity contribution >= 4 is 28.4 Å². The van der Waals surface area contributed by atoms with Gasteiger partial charge in [0, 0.05) is 20.6 Å². The second-order valence-corrected chi connectivity index (χ2v) is 3.86. The first-order valence-corrected chi connectivity index (χ1v) is 5.52. The largest absolute Gasteiger partial charge is 0.378 e. The molecule has 0 radical (unpaired) electrons. The van der Waals surface area contributed by atoms with Gasteiger partial charge in [-0.2, -0.15) is 0 Å². The van der Waals surface area contributed by atoms with Crippen molar-refractivity contribution in [2.75, 3.05) is 19.5 Å². The smallest absolute Gasteiger partial charge is 0.143 e. The lowest BCUT2D eigenvalue weighted by Gasteiger charge is -2.09. The van der Waals surface area contributed by atoms with Crippen molar-refractivity contribution in [3.63, 3.8) is 0 Å². The fraction of sp³-hybridized carbons (Fsp3) is 0.556. The van der Waals surface area contributed by atoms with E-state index in [1.807, 2.05) is 14.0 Å². The molecular formula is C9H14IN3O. The number of aromatic nitrogens is 2. The van der Waals surface area contributed by atoms with Gasteiger partial charge < -0.3 is 10.1 Å². The van der Waals surface area contributed by atoms with E-state index < -0.39 is 0 Å². The van der Waals surface area contributed by atoms with Crippen molar-refractivity contribution in [3.05, 3.63) is 15.1 Å². The number of halogens is 1. The van der Waals surface area contributed by atoms with E-state index in [0.717, 1.165) is 27.3 Å². The summed E-state index contributed by atoms with van der Waals surface area (Å²) in [6, 6.07) is 0. The Balaban J connectivity index is 3.12. The van der Waals surface area contributed by atoms with Crippen LogP contribution in [0.15, 0.2) is 0 Å². The van der Waals surface area contributed by atoms with Gasteiger partial charge in [-0.1, -0.05) is 6.92 Å². The van der Waals surface area contributed by atoms with E-state index in [4.69, 9.17) is 4.74 Å². The van der Waals surface area contributed by atoms with Gasteiger partial charge in [-0.05, 0) is 22.6 Å². The first-order valence-electron chi connectivity index (χ1n) is 4.44. The number of nitrogens with zero attached hydrogens (tertiary/aromatic N) is 2. The average Bonchev–Trinajstić information content (AvgIpc) is 2.21. The van der Waals surface area contributed by atoms with Crippen molar-refractivity contribution in [2.24, 2.45) is 0 Å². The topological polar surface area (TPSA) is 47.0 Å². The molecule has 0 saturated heterocycles. The zero-order valence-electron chi connectivity index (χ0n) is 8.59. The maximum Gasteiger partial charge on any atom is 0.143 e. The third-order valence-electron chi connectivity index (χ3n) is 1.80. The second-order valence-electron chi connectivity index (χ2n) is 2.79. The first kappa shape index (κ1) is 11.6. The molecule has 4 nitrogen and oxygen atoms in total. The summed E-state index contributed by atoms with van der Waals surface area (Å²) < 4.78 is 6.12. The Morgan fingerprint density at radius 3 is 2.64 bits per heavy atom. The van der Waals surface area contributed by atoms with Crippen molar-refractivity contribution in [1.29, 1.82) is 0 Å². The average molecular weight is 307 g/mol. The third kappa shape index (κ3) is 2.54. The van der Waals surface area contributed by atoms with E-state index in [-0.39, 0.29) is 0 Å². The number of rotatable bonds is 4. The Morgan fingerprint density at radius 2 is 2.14 bits per heavy atom. The second kappa shape index (κ2) is 5.45. The van der Waals surface area contributed by atoms with E-state index in [1.165, 1.54) is 0 Å². The van der Waals surface area contributed by atoms with E-state index in [0.29, 0.717) is 6.61 Å². The molecule has 0 spiro atoms. The molecule has 1 heterocycles. The molecule has 0 amide bonds. The zero-order chi connectivity index (χ0) is 10.6. The Morgan fingerprint density at radius 1 is 1.43 bits per heavy atom. The molecule has 0 unspecified atom stereocenters. The SMILES string of the molecule is CCc1nc(COC)c(I)c(NC)n1. The predicted octanol–water partition coefficient (Wildman–Crippen LogP) is 1.83. The molecule has 0 aliphatic rings. The van der Waals surface area contributed by atoms with Crippen molar-refractivity contribution < 1.29 is 4.74 Å². The molecule has 0 aromatic carbocycles. The molecule has 0 atom stereocenters. The Hall–Kier alpha value is -0.430. The van der Waals surface area contributed by atoms with Crippen LogP contribution in [0.3, 0.4) is 0 Å². The fourth-order valence-corrected chi connectivity index (χ4v) is 1.77. The molecular weight excluding hydrogens is 293 g/mol. The van der Waals surface area contributed by atoms with Crippen LogP contribution in [-0.2, 0) is 17.8 Å². The highest BCUT2D eigenvalue weighted by molar-refractivity contribution is 14.1. The Labute approximate surface area is 97.6 Å². The zero-order valence-corrected chi connectivity index (χ0v) is 10.8. The minimum absolute atomic E-state index is 0.530. The van der Waals surface area contributed by atoms with Gasteiger partial charge in [0.2, 0.25) is 0 Å². The summed E-state index contributed by atoms with van der Waals surface area (Å²) in [6.45, 7) is 2.57. The van der Waals surface area contributed by atoms with Crippen LogP contribution in [0, 0.1) is 3.57 Å². The number of nitrogens with one attached hydrogen (secondary N) is 1. The van der Waals surface area contributed by atoms with Crippen LogP contribution in [0.5, 0.6) is 0 Å². The summed E-state index contributed by atoms with van der Waals surface area (Å²) in [6.07, 6.45) is 0.836. The van der Waals surface area contributed by atoms with Crippen LogP contribution in [0.2, 0.25) is 0 Å². The summed E-state index contributed by atoms with van der Waals surface area (Å²) in [5.74, 6) is 1.73. The molecule has 1 rings (SSSR count). The van der Waals surface area contributed by atoms with Crippen LogP contribution in [-0.4, -0.2) is 24.1 Å². The summed E-state index contributed by atoms with van der Waals surface area (Å²) in [5, 5.41) is 3.05. The van der Waals surface area contributed by atoms with Gasteiger partial charge in [-0.3, -0.25) is 0 Å². The third-order valence-corrected chi connectivity index (χ3v) is 2.93. The van der Waals surface area contributed by atoms with E-state index in [2.05, 4.69) is 37.9 Å². The molecule has 0 saturated carbocycles. The fourth-order valence-electron chi connectivity index (χ4n) is 1.10. The van der Waals surface area contributed by atoms with Gasteiger partial charge in [0.05, 0.1) is 15.9 Å². The summed E-state index contributed by atoms with van der Waals surface area (Å²) in [7, 11) is 3.53. The minimum atomic E-state index is 0.530. The number of aryl methyl sites for hydroxylation is 1. The minimum Gasteiger partial charge on any atom is -0.378 e. The lowest BCUT2D eigenvalue weighted by atomic mass is 10.3. The maximum absolute atomic E-state index is 5.08. The molecule has 0 fully saturated rings. The molecule has 0 bridgehead atoms. The summed E-state index contributed by atoms with van der Waals surface area (Å²) in [4.78, 5) is 8.77. The standard InChI is InChI=1S/C9H14IN3O/c1-4-7-12-6(5-14-3)8(10)9(11-2)13-7/h4-5H2,1-3H3,(H,11,12,13). The summed E-state index contributed by atoms with van der Waals surface area (Å²) in [5.41, 5.74) is 0.948. The number of hydrogen-bond acceptors (Lipinski definition) is 4. The van der Waals surface area contributed by atoms with Crippen molar-refractivity contribution in [2.45, 2.75) is 20.0 Å². The highest BCUT2D eigenvalue weighted by atomic mass is 127. The van der Waals surface area contributed by atoms with Crippen LogP contribution < -0.4 is 5.32 Å². The number of methoxy groups -OCH3 is 1.